The topological polar surface area (TPSA) is 56.3 Å². The zero-order valence-electron chi connectivity index (χ0n) is 9.19. The highest BCUT2D eigenvalue weighted by atomic mass is 16.5. The van der Waals surface area contributed by atoms with Gasteiger partial charge < -0.3 is 14.8 Å². The van der Waals surface area contributed by atoms with E-state index >= 15 is 0 Å². The van der Waals surface area contributed by atoms with Gasteiger partial charge in [-0.3, -0.25) is 0 Å². The second-order valence-corrected chi connectivity index (χ2v) is 3.05. The predicted octanol–water partition coefficient (Wildman–Crippen LogP) is 1.32. The van der Waals surface area contributed by atoms with Crippen molar-refractivity contribution in [2.75, 3.05) is 32.7 Å². The number of ether oxygens (including phenoxy) is 2. The van der Waals surface area contributed by atoms with E-state index in [1.54, 1.807) is 26.5 Å². The molecule has 1 N–H and O–H groups in total. The van der Waals surface area contributed by atoms with Crippen LogP contribution in [0.5, 0.6) is 5.88 Å². The second kappa shape index (κ2) is 7.00. The molecule has 0 radical (unpaired) electrons. The molecule has 0 fully saturated rings. The summed E-state index contributed by atoms with van der Waals surface area (Å²) in [6.45, 7) is 1.64. The Hall–Kier alpha value is -1.36. The summed E-state index contributed by atoms with van der Waals surface area (Å²) >= 11 is 0. The van der Waals surface area contributed by atoms with Crippen molar-refractivity contribution in [2.45, 2.75) is 12.8 Å². The lowest BCUT2D eigenvalue weighted by Gasteiger charge is -2.05. The molecule has 0 aliphatic heterocycles. The molecule has 0 aromatic carbocycles. The molecule has 0 aliphatic rings. The summed E-state index contributed by atoms with van der Waals surface area (Å²) in [5.74, 6) is 1.18. The molecular weight excluding hydrogens is 194 g/mol. The fourth-order valence-corrected chi connectivity index (χ4v) is 1.11. The van der Waals surface area contributed by atoms with E-state index in [-0.39, 0.29) is 0 Å². The van der Waals surface area contributed by atoms with Crippen LogP contribution in [0.25, 0.3) is 0 Å². The Morgan fingerprint density at radius 2 is 2.20 bits per heavy atom. The molecule has 0 saturated carbocycles. The highest BCUT2D eigenvalue weighted by Gasteiger charge is 1.97. The van der Waals surface area contributed by atoms with Gasteiger partial charge in [0, 0.05) is 32.5 Å². The second-order valence-electron chi connectivity index (χ2n) is 3.05. The number of hydrogen-bond donors (Lipinski definition) is 1. The lowest BCUT2D eigenvalue weighted by atomic mass is 10.3. The Balaban J connectivity index is 2.24. The van der Waals surface area contributed by atoms with Gasteiger partial charge in [0.25, 0.3) is 0 Å². The van der Waals surface area contributed by atoms with Crippen molar-refractivity contribution in [3.8, 4) is 5.88 Å². The molecule has 0 amide bonds. The van der Waals surface area contributed by atoms with Gasteiger partial charge in [0.05, 0.1) is 7.11 Å². The van der Waals surface area contributed by atoms with E-state index in [0.29, 0.717) is 11.8 Å². The van der Waals surface area contributed by atoms with Crippen LogP contribution in [-0.2, 0) is 4.74 Å². The van der Waals surface area contributed by atoms with Crippen LogP contribution in [0.4, 0.5) is 5.95 Å². The van der Waals surface area contributed by atoms with Crippen molar-refractivity contribution in [2.24, 2.45) is 0 Å². The molecule has 0 atom stereocenters. The highest BCUT2D eigenvalue weighted by Crippen LogP contribution is 2.06. The minimum Gasteiger partial charge on any atom is -0.481 e. The summed E-state index contributed by atoms with van der Waals surface area (Å²) in [6, 6.07) is 1.72. The van der Waals surface area contributed by atoms with Gasteiger partial charge in [0.15, 0.2) is 0 Å². The van der Waals surface area contributed by atoms with Gasteiger partial charge in [-0.2, -0.15) is 4.98 Å². The van der Waals surface area contributed by atoms with Crippen LogP contribution < -0.4 is 10.1 Å². The summed E-state index contributed by atoms with van der Waals surface area (Å²) < 4.78 is 9.94. The largest absolute Gasteiger partial charge is 0.481 e. The zero-order chi connectivity index (χ0) is 10.9. The predicted molar refractivity (Wildman–Crippen MR) is 58.2 cm³/mol. The van der Waals surface area contributed by atoms with E-state index in [1.807, 2.05) is 0 Å². The molecule has 1 aromatic heterocycles. The first-order valence-corrected chi connectivity index (χ1v) is 4.96. The first-order chi connectivity index (χ1) is 7.36. The van der Waals surface area contributed by atoms with Crippen LogP contribution in [0, 0.1) is 0 Å². The van der Waals surface area contributed by atoms with E-state index in [0.717, 1.165) is 26.0 Å². The smallest absolute Gasteiger partial charge is 0.225 e. The molecule has 84 valence electrons. The molecule has 0 spiro atoms. The van der Waals surface area contributed by atoms with Crippen LogP contribution in [0.2, 0.25) is 0 Å². The van der Waals surface area contributed by atoms with E-state index in [1.165, 1.54) is 0 Å². The van der Waals surface area contributed by atoms with Gasteiger partial charge in [0.2, 0.25) is 11.8 Å². The number of nitrogens with zero attached hydrogens (tertiary/aromatic N) is 2. The van der Waals surface area contributed by atoms with Crippen molar-refractivity contribution in [3.63, 3.8) is 0 Å². The molecule has 1 heterocycles. The fourth-order valence-electron chi connectivity index (χ4n) is 1.11. The number of hydrogen-bond acceptors (Lipinski definition) is 5. The Morgan fingerprint density at radius 3 is 2.93 bits per heavy atom. The van der Waals surface area contributed by atoms with Crippen molar-refractivity contribution < 1.29 is 9.47 Å². The van der Waals surface area contributed by atoms with E-state index in [2.05, 4.69) is 15.3 Å². The van der Waals surface area contributed by atoms with Gasteiger partial charge in [0.1, 0.15) is 0 Å². The van der Waals surface area contributed by atoms with E-state index in [9.17, 15) is 0 Å². The molecule has 0 bridgehead atoms. The maximum Gasteiger partial charge on any atom is 0.225 e. The Labute approximate surface area is 89.8 Å². The lowest BCUT2D eigenvalue weighted by molar-refractivity contribution is 0.193. The lowest BCUT2D eigenvalue weighted by Crippen LogP contribution is -2.06. The van der Waals surface area contributed by atoms with Gasteiger partial charge in [-0.25, -0.2) is 4.98 Å². The summed E-state index contributed by atoms with van der Waals surface area (Å²) in [7, 11) is 3.29. The van der Waals surface area contributed by atoms with Crippen LogP contribution in [0.1, 0.15) is 12.8 Å². The molecule has 5 heteroatoms. The average Bonchev–Trinajstić information content (AvgIpc) is 2.29. The van der Waals surface area contributed by atoms with Crippen LogP contribution in [0.3, 0.4) is 0 Å². The number of anilines is 1. The van der Waals surface area contributed by atoms with Gasteiger partial charge >= 0.3 is 0 Å². The third-order valence-electron chi connectivity index (χ3n) is 1.90. The molecule has 0 unspecified atom stereocenters. The number of nitrogens with one attached hydrogen (secondary N) is 1. The first kappa shape index (κ1) is 11.7. The minimum absolute atomic E-state index is 0.574. The van der Waals surface area contributed by atoms with Crippen LogP contribution in [0.15, 0.2) is 12.3 Å². The van der Waals surface area contributed by atoms with Crippen molar-refractivity contribution in [3.05, 3.63) is 12.3 Å². The monoisotopic (exact) mass is 211 g/mol. The van der Waals surface area contributed by atoms with Crippen molar-refractivity contribution in [1.82, 2.24) is 9.97 Å². The fraction of sp³-hybridized carbons (Fsp3) is 0.600. The number of unbranched alkanes of at least 4 members (excludes halogenated alkanes) is 1. The Bertz CT molecular complexity index is 281. The van der Waals surface area contributed by atoms with E-state index in [4.69, 9.17) is 9.47 Å². The molecular formula is C10H17N3O2. The molecule has 5 nitrogen and oxygen atoms in total. The molecule has 0 aliphatic carbocycles. The summed E-state index contributed by atoms with van der Waals surface area (Å²) in [4.78, 5) is 8.21. The third kappa shape index (κ3) is 4.60. The normalized spacial score (nSPS) is 10.0. The highest BCUT2D eigenvalue weighted by molar-refractivity contribution is 5.26. The Morgan fingerprint density at radius 1 is 1.33 bits per heavy atom. The van der Waals surface area contributed by atoms with E-state index < -0.39 is 0 Å². The summed E-state index contributed by atoms with van der Waals surface area (Å²) in [5, 5.41) is 3.12. The van der Waals surface area contributed by atoms with Crippen molar-refractivity contribution in [1.29, 1.82) is 0 Å². The molecule has 0 saturated heterocycles. The minimum atomic E-state index is 0.574. The molecule has 1 aromatic rings. The number of methoxy groups -OCH3 is 2. The Kier molecular flexibility index (Phi) is 5.47. The SMILES string of the molecule is COCCCCNc1nccc(OC)n1. The standard InChI is InChI=1S/C10H17N3O2/c1-14-8-4-3-6-11-10-12-7-5-9(13-10)15-2/h5,7H,3-4,6,8H2,1-2H3,(H,11,12,13). The quantitative estimate of drug-likeness (QED) is 0.689. The summed E-state index contributed by atoms with van der Waals surface area (Å²) in [6.07, 6.45) is 3.74. The van der Waals surface area contributed by atoms with Crippen LogP contribution >= 0.6 is 0 Å². The molecule has 15 heavy (non-hydrogen) atoms. The molecule has 1 rings (SSSR count). The third-order valence-corrected chi connectivity index (χ3v) is 1.90. The van der Waals surface area contributed by atoms with Crippen LogP contribution in [-0.4, -0.2) is 37.3 Å². The van der Waals surface area contributed by atoms with Gasteiger partial charge in [-0.15, -0.1) is 0 Å². The average molecular weight is 211 g/mol. The van der Waals surface area contributed by atoms with Crippen molar-refractivity contribution >= 4 is 5.95 Å². The van der Waals surface area contributed by atoms with Gasteiger partial charge in [-0.05, 0) is 12.8 Å². The maximum absolute atomic E-state index is 4.99. The zero-order valence-corrected chi connectivity index (χ0v) is 9.19. The number of aromatic nitrogens is 2. The maximum atomic E-state index is 4.99. The number of rotatable bonds is 7. The first-order valence-electron chi connectivity index (χ1n) is 4.96. The summed E-state index contributed by atoms with van der Waals surface area (Å²) in [5.41, 5.74) is 0. The van der Waals surface area contributed by atoms with Gasteiger partial charge in [-0.1, -0.05) is 0 Å².